The first-order valence-corrected chi connectivity index (χ1v) is 6.59. The van der Waals surface area contributed by atoms with E-state index in [4.69, 9.17) is 5.11 Å². The second kappa shape index (κ2) is 5.67. The van der Waals surface area contributed by atoms with Crippen LogP contribution < -0.4 is 0 Å². The molecule has 0 aliphatic rings. The van der Waals surface area contributed by atoms with Gasteiger partial charge in [-0.15, -0.1) is 0 Å². The van der Waals surface area contributed by atoms with Crippen molar-refractivity contribution in [1.29, 1.82) is 0 Å². The minimum atomic E-state index is -4.64. The van der Waals surface area contributed by atoms with E-state index in [1.54, 1.807) is 0 Å². The van der Waals surface area contributed by atoms with E-state index in [1.807, 2.05) is 0 Å². The van der Waals surface area contributed by atoms with Crippen LogP contribution in [0.5, 0.6) is 0 Å². The fourth-order valence-electron chi connectivity index (χ4n) is 1.04. The Bertz CT molecular complexity index is 365. The van der Waals surface area contributed by atoms with Crippen LogP contribution in [0.15, 0.2) is 0 Å². The maximum Gasteiger partial charge on any atom is 0.406 e. The molecule has 0 heterocycles. The zero-order valence-corrected chi connectivity index (χ0v) is 10.2. The molecule has 0 aliphatic heterocycles. The van der Waals surface area contributed by atoms with Gasteiger partial charge in [0.25, 0.3) is 0 Å². The Kier molecular flexibility index (Phi) is 5.40. The molecule has 9 heteroatoms. The highest BCUT2D eigenvalue weighted by Crippen LogP contribution is 2.17. The third kappa shape index (κ3) is 5.87. The fraction of sp³-hybridized carbons (Fsp3) is 0.875. The molecule has 0 saturated carbocycles. The summed E-state index contributed by atoms with van der Waals surface area (Å²) in [7, 11) is -3.76. The Morgan fingerprint density at radius 1 is 1.41 bits per heavy atom. The molecule has 0 bridgehead atoms. The van der Waals surface area contributed by atoms with Crippen LogP contribution in [0.1, 0.15) is 6.92 Å². The van der Waals surface area contributed by atoms with Crippen molar-refractivity contribution in [1.82, 2.24) is 4.90 Å². The van der Waals surface area contributed by atoms with Gasteiger partial charge in [-0.05, 0) is 6.92 Å². The molecular weight excluding hydrogens is 263 g/mol. The molecule has 0 saturated heterocycles. The van der Waals surface area contributed by atoms with Crippen LogP contribution >= 0.6 is 0 Å². The van der Waals surface area contributed by atoms with E-state index in [0.717, 1.165) is 13.2 Å². The highest BCUT2D eigenvalue weighted by Gasteiger charge is 2.36. The van der Waals surface area contributed by atoms with Crippen molar-refractivity contribution < 1.29 is 31.5 Å². The van der Waals surface area contributed by atoms with Crippen LogP contribution in [0, 0.1) is 0 Å². The number of alkyl halides is 3. The summed E-state index contributed by atoms with van der Waals surface area (Å²) in [4.78, 5) is 11.8. The first kappa shape index (κ1) is 16.2. The molecular formula is C8H14F3NO4S. The normalized spacial score (nSPS) is 14.5. The third-order valence-corrected chi connectivity index (χ3v) is 3.53. The summed E-state index contributed by atoms with van der Waals surface area (Å²) in [5, 5.41) is 7.00. The Morgan fingerprint density at radius 2 is 1.88 bits per heavy atom. The quantitative estimate of drug-likeness (QED) is 0.755. The predicted molar refractivity (Wildman–Crippen MR) is 54.0 cm³/mol. The lowest BCUT2D eigenvalue weighted by molar-refractivity contribution is -0.161. The number of amides is 1. The lowest BCUT2D eigenvalue weighted by atomic mass is 10.3. The van der Waals surface area contributed by atoms with Crippen molar-refractivity contribution in [2.45, 2.75) is 18.3 Å². The standard InChI is InChI=1S/C8H14F3NO4S/c1-6(17(2,15)16)7(14)12(3-4-13)5-8(9,10)11/h6,13H,3-5H2,1-2H3. The molecule has 0 radical (unpaired) electrons. The summed E-state index contributed by atoms with van der Waals surface area (Å²) in [5.41, 5.74) is 0. The number of carbonyl (C=O) groups is 1. The van der Waals surface area contributed by atoms with E-state index in [9.17, 15) is 26.4 Å². The van der Waals surface area contributed by atoms with Gasteiger partial charge in [0.05, 0.1) is 6.61 Å². The average Bonchev–Trinajstić information content (AvgIpc) is 2.11. The van der Waals surface area contributed by atoms with Crippen LogP contribution in [0.25, 0.3) is 0 Å². The Balaban J connectivity index is 4.90. The zero-order chi connectivity index (χ0) is 13.9. The number of hydrogen-bond donors (Lipinski definition) is 1. The van der Waals surface area contributed by atoms with Gasteiger partial charge in [0.2, 0.25) is 5.91 Å². The molecule has 0 aromatic carbocycles. The van der Waals surface area contributed by atoms with Gasteiger partial charge in [0.15, 0.2) is 9.84 Å². The fourth-order valence-corrected chi connectivity index (χ4v) is 1.56. The lowest BCUT2D eigenvalue weighted by Gasteiger charge is -2.25. The molecule has 1 atom stereocenters. The van der Waals surface area contributed by atoms with Crippen LogP contribution in [-0.4, -0.2) is 61.7 Å². The molecule has 0 aromatic rings. The number of sulfone groups is 1. The van der Waals surface area contributed by atoms with Gasteiger partial charge in [0.1, 0.15) is 11.8 Å². The first-order valence-electron chi connectivity index (χ1n) is 4.64. The average molecular weight is 277 g/mol. The van der Waals surface area contributed by atoms with E-state index >= 15 is 0 Å². The van der Waals surface area contributed by atoms with Crippen molar-refractivity contribution in [2.24, 2.45) is 0 Å². The molecule has 0 spiro atoms. The van der Waals surface area contributed by atoms with Crippen molar-refractivity contribution in [3.8, 4) is 0 Å². The Morgan fingerprint density at radius 3 is 2.18 bits per heavy atom. The van der Waals surface area contributed by atoms with Crippen LogP contribution in [-0.2, 0) is 14.6 Å². The smallest absolute Gasteiger partial charge is 0.395 e. The first-order chi connectivity index (χ1) is 7.49. The number of aliphatic hydroxyl groups excluding tert-OH is 1. The molecule has 102 valence electrons. The topological polar surface area (TPSA) is 74.7 Å². The van der Waals surface area contributed by atoms with E-state index in [0.29, 0.717) is 0 Å². The van der Waals surface area contributed by atoms with Gasteiger partial charge in [-0.3, -0.25) is 4.79 Å². The van der Waals surface area contributed by atoms with Crippen LogP contribution in [0.3, 0.4) is 0 Å². The van der Waals surface area contributed by atoms with Crippen molar-refractivity contribution in [3.05, 3.63) is 0 Å². The number of carbonyl (C=O) groups excluding carboxylic acids is 1. The third-order valence-electron chi connectivity index (χ3n) is 2.04. The maximum atomic E-state index is 12.1. The van der Waals surface area contributed by atoms with E-state index in [-0.39, 0.29) is 4.90 Å². The summed E-state index contributed by atoms with van der Waals surface area (Å²) >= 11 is 0. The van der Waals surface area contributed by atoms with Crippen LogP contribution in [0.2, 0.25) is 0 Å². The van der Waals surface area contributed by atoms with Crippen molar-refractivity contribution >= 4 is 15.7 Å². The van der Waals surface area contributed by atoms with Gasteiger partial charge >= 0.3 is 6.18 Å². The summed E-state index contributed by atoms with van der Waals surface area (Å²) in [6.45, 7) is -1.79. The summed E-state index contributed by atoms with van der Waals surface area (Å²) < 4.78 is 58.5. The van der Waals surface area contributed by atoms with E-state index < -0.39 is 46.9 Å². The second-order valence-electron chi connectivity index (χ2n) is 3.57. The highest BCUT2D eigenvalue weighted by molar-refractivity contribution is 7.92. The van der Waals surface area contributed by atoms with Gasteiger partial charge < -0.3 is 10.0 Å². The van der Waals surface area contributed by atoms with Crippen molar-refractivity contribution in [2.75, 3.05) is 26.0 Å². The number of aliphatic hydroxyl groups is 1. The Hall–Kier alpha value is -0.830. The predicted octanol–water partition coefficient (Wildman–Crippen LogP) is -0.197. The Labute approximate surface area is 97.1 Å². The number of hydrogen-bond acceptors (Lipinski definition) is 4. The van der Waals surface area contributed by atoms with Gasteiger partial charge in [-0.25, -0.2) is 8.42 Å². The van der Waals surface area contributed by atoms with Gasteiger partial charge in [0, 0.05) is 12.8 Å². The largest absolute Gasteiger partial charge is 0.406 e. The highest BCUT2D eigenvalue weighted by atomic mass is 32.2. The van der Waals surface area contributed by atoms with Gasteiger partial charge in [-0.1, -0.05) is 0 Å². The molecule has 0 rings (SSSR count). The molecule has 0 fully saturated rings. The van der Waals surface area contributed by atoms with E-state index in [1.165, 1.54) is 0 Å². The zero-order valence-electron chi connectivity index (χ0n) is 9.36. The number of nitrogens with zero attached hydrogens (tertiary/aromatic N) is 1. The summed E-state index contributed by atoms with van der Waals surface area (Å²) in [6.07, 6.45) is -3.87. The SMILES string of the molecule is CC(C(=O)N(CCO)CC(F)(F)F)S(C)(=O)=O. The molecule has 5 nitrogen and oxygen atoms in total. The lowest BCUT2D eigenvalue weighted by Crippen LogP contribution is -2.46. The van der Waals surface area contributed by atoms with Gasteiger partial charge in [-0.2, -0.15) is 13.2 Å². The number of rotatable bonds is 5. The minimum absolute atomic E-state index is 0.283. The molecule has 17 heavy (non-hydrogen) atoms. The van der Waals surface area contributed by atoms with Crippen LogP contribution in [0.4, 0.5) is 13.2 Å². The van der Waals surface area contributed by atoms with Crippen molar-refractivity contribution in [3.63, 3.8) is 0 Å². The van der Waals surface area contributed by atoms with E-state index in [2.05, 4.69) is 0 Å². The minimum Gasteiger partial charge on any atom is -0.395 e. The summed E-state index contributed by atoms with van der Waals surface area (Å²) in [5.74, 6) is -1.17. The summed E-state index contributed by atoms with van der Waals surface area (Å²) in [6, 6.07) is 0. The monoisotopic (exact) mass is 277 g/mol. The molecule has 0 aromatic heterocycles. The molecule has 1 N–H and O–H groups in total. The second-order valence-corrected chi connectivity index (χ2v) is 5.94. The molecule has 1 unspecified atom stereocenters. The molecule has 1 amide bonds. The number of halogens is 3. The molecule has 0 aliphatic carbocycles. The maximum absolute atomic E-state index is 12.1.